The standard InChI is InChI=1S/C4H10N4O2.C3H2ClNS/c1-5-4(7(2)3)6-8(9)10;4-3-5-1-2-6-3/h1-3H3,(H,5,6);1-2H. The highest BCUT2D eigenvalue weighted by Gasteiger charge is 2.02. The average molecular weight is 266 g/mol. The average Bonchev–Trinajstić information content (AvgIpc) is 2.65. The van der Waals surface area contributed by atoms with Gasteiger partial charge in [0.15, 0.2) is 9.50 Å². The van der Waals surface area contributed by atoms with Crippen LogP contribution in [0.3, 0.4) is 0 Å². The van der Waals surface area contributed by atoms with Gasteiger partial charge in [0.1, 0.15) is 5.10 Å². The first-order valence-electron chi connectivity index (χ1n) is 4.10. The Morgan fingerprint density at radius 2 is 2.38 bits per heavy atom. The molecule has 1 aromatic heterocycles. The highest BCUT2D eigenvalue weighted by Crippen LogP contribution is 2.08. The lowest BCUT2D eigenvalue weighted by molar-refractivity contribution is -0.485. The van der Waals surface area contributed by atoms with Gasteiger partial charge < -0.3 is 10.2 Å². The number of nitrogens with zero attached hydrogens (tertiary/aromatic N) is 4. The number of guanidine groups is 1. The van der Waals surface area contributed by atoms with Crippen molar-refractivity contribution in [3.63, 3.8) is 0 Å². The number of hydrazone groups is 1. The third kappa shape index (κ3) is 6.96. The molecule has 0 unspecified atom stereocenters. The van der Waals surface area contributed by atoms with Crippen LogP contribution in [0.2, 0.25) is 4.47 Å². The van der Waals surface area contributed by atoms with E-state index in [1.807, 2.05) is 5.38 Å². The summed E-state index contributed by atoms with van der Waals surface area (Å²) < 4.78 is 0.606. The molecule has 0 bridgehead atoms. The SMILES string of the molecule is CNC(=N[N+](=O)[O-])N(C)C.Clc1nccs1. The molecule has 0 amide bonds. The Morgan fingerprint density at radius 3 is 2.50 bits per heavy atom. The third-order valence-corrected chi connectivity index (χ3v) is 2.15. The van der Waals surface area contributed by atoms with E-state index in [1.54, 1.807) is 27.3 Å². The molecule has 0 radical (unpaired) electrons. The van der Waals surface area contributed by atoms with Gasteiger partial charge in [0.05, 0.1) is 0 Å². The van der Waals surface area contributed by atoms with Crippen LogP contribution in [0.25, 0.3) is 0 Å². The Kier molecular flexibility index (Phi) is 7.14. The van der Waals surface area contributed by atoms with E-state index in [4.69, 9.17) is 11.6 Å². The van der Waals surface area contributed by atoms with Crippen molar-refractivity contribution in [2.24, 2.45) is 5.10 Å². The van der Waals surface area contributed by atoms with E-state index in [2.05, 4.69) is 15.4 Å². The molecule has 1 aromatic rings. The summed E-state index contributed by atoms with van der Waals surface area (Å²) in [7, 11) is 4.90. The molecule has 0 saturated heterocycles. The highest BCUT2D eigenvalue weighted by atomic mass is 35.5. The van der Waals surface area contributed by atoms with Crippen molar-refractivity contribution in [3.8, 4) is 0 Å². The van der Waals surface area contributed by atoms with Gasteiger partial charge in [0.25, 0.3) is 5.96 Å². The van der Waals surface area contributed by atoms with E-state index in [0.29, 0.717) is 4.47 Å². The highest BCUT2D eigenvalue weighted by molar-refractivity contribution is 7.13. The molecule has 7 nitrogen and oxygen atoms in total. The molecule has 0 fully saturated rings. The summed E-state index contributed by atoms with van der Waals surface area (Å²) in [5.74, 6) is 0.227. The summed E-state index contributed by atoms with van der Waals surface area (Å²) in [5.41, 5.74) is 0. The largest absolute Gasteiger partial charge is 0.354 e. The summed E-state index contributed by atoms with van der Waals surface area (Å²) in [6.45, 7) is 0. The number of aromatic nitrogens is 1. The van der Waals surface area contributed by atoms with Crippen LogP contribution in [-0.2, 0) is 0 Å². The fourth-order valence-electron chi connectivity index (χ4n) is 0.646. The van der Waals surface area contributed by atoms with E-state index >= 15 is 0 Å². The van der Waals surface area contributed by atoms with Crippen molar-refractivity contribution in [2.45, 2.75) is 0 Å². The molecule has 0 saturated carbocycles. The van der Waals surface area contributed by atoms with E-state index in [1.165, 1.54) is 16.2 Å². The summed E-state index contributed by atoms with van der Waals surface area (Å²) >= 11 is 6.79. The minimum Gasteiger partial charge on any atom is -0.354 e. The van der Waals surface area contributed by atoms with Crippen molar-refractivity contribution in [1.82, 2.24) is 15.2 Å². The van der Waals surface area contributed by atoms with Crippen LogP contribution in [0.5, 0.6) is 0 Å². The smallest absolute Gasteiger partial charge is 0.270 e. The minimum absolute atomic E-state index is 0.227. The van der Waals surface area contributed by atoms with Crippen LogP contribution in [0.15, 0.2) is 16.7 Å². The molecule has 0 spiro atoms. The van der Waals surface area contributed by atoms with E-state index < -0.39 is 5.03 Å². The number of nitro groups is 1. The summed E-state index contributed by atoms with van der Waals surface area (Å²) in [4.78, 5) is 15.0. The van der Waals surface area contributed by atoms with Gasteiger partial charge in [0, 0.05) is 32.7 Å². The second kappa shape index (κ2) is 7.83. The number of thiazole rings is 1. The Hall–Kier alpha value is -1.41. The molecule has 0 aliphatic rings. The van der Waals surface area contributed by atoms with Gasteiger partial charge >= 0.3 is 0 Å². The third-order valence-electron chi connectivity index (χ3n) is 1.23. The normalized spacial score (nSPS) is 10.1. The van der Waals surface area contributed by atoms with Crippen molar-refractivity contribution in [2.75, 3.05) is 21.1 Å². The van der Waals surface area contributed by atoms with Crippen LogP contribution in [0, 0.1) is 10.1 Å². The maximum absolute atomic E-state index is 9.82. The number of hydrogen-bond donors (Lipinski definition) is 1. The first-order chi connectivity index (χ1) is 7.47. The van der Waals surface area contributed by atoms with Gasteiger partial charge in [-0.25, -0.2) is 15.1 Å². The number of nitrogens with one attached hydrogen (secondary N) is 1. The first kappa shape index (κ1) is 14.6. The maximum atomic E-state index is 9.82. The van der Waals surface area contributed by atoms with Gasteiger partial charge in [-0.2, -0.15) is 0 Å². The molecule has 0 aliphatic carbocycles. The van der Waals surface area contributed by atoms with Gasteiger partial charge in [-0.05, 0) is 0 Å². The van der Waals surface area contributed by atoms with Crippen molar-refractivity contribution >= 4 is 28.9 Å². The van der Waals surface area contributed by atoms with Crippen LogP contribution in [-0.4, -0.2) is 42.0 Å². The topological polar surface area (TPSA) is 83.7 Å². The molecule has 1 heterocycles. The zero-order valence-electron chi connectivity index (χ0n) is 9.05. The minimum atomic E-state index is -0.744. The van der Waals surface area contributed by atoms with Crippen molar-refractivity contribution in [3.05, 3.63) is 26.2 Å². The Bertz CT molecular complexity index is 341. The van der Waals surface area contributed by atoms with Crippen LogP contribution in [0.1, 0.15) is 0 Å². The van der Waals surface area contributed by atoms with Gasteiger partial charge in [-0.1, -0.05) is 11.6 Å². The predicted octanol–water partition coefficient (Wildman–Crippen LogP) is 1.11. The zero-order valence-corrected chi connectivity index (χ0v) is 10.6. The number of rotatable bonds is 1. The van der Waals surface area contributed by atoms with E-state index in [-0.39, 0.29) is 5.96 Å². The summed E-state index contributed by atoms with van der Waals surface area (Å²) in [6, 6.07) is 0. The fourth-order valence-corrected chi connectivity index (χ4v) is 1.21. The van der Waals surface area contributed by atoms with E-state index in [9.17, 15) is 10.1 Å². The molecular weight excluding hydrogens is 254 g/mol. The van der Waals surface area contributed by atoms with Gasteiger partial charge in [-0.15, -0.1) is 11.3 Å². The molecule has 9 heteroatoms. The molecule has 0 aliphatic heterocycles. The van der Waals surface area contributed by atoms with E-state index in [0.717, 1.165) is 0 Å². The molecule has 16 heavy (non-hydrogen) atoms. The monoisotopic (exact) mass is 265 g/mol. The van der Waals surface area contributed by atoms with Gasteiger partial charge in [-0.3, -0.25) is 0 Å². The lowest BCUT2D eigenvalue weighted by Crippen LogP contribution is -2.34. The second-order valence-electron chi connectivity index (χ2n) is 2.59. The molecule has 1 N–H and O–H groups in total. The predicted molar refractivity (Wildman–Crippen MR) is 64.3 cm³/mol. The molecule has 0 aromatic carbocycles. The van der Waals surface area contributed by atoms with Crippen LogP contribution >= 0.6 is 22.9 Å². The second-order valence-corrected chi connectivity index (χ2v) is 4.07. The van der Waals surface area contributed by atoms with Crippen LogP contribution < -0.4 is 5.32 Å². The summed E-state index contributed by atoms with van der Waals surface area (Å²) in [5, 5.41) is 16.5. The summed E-state index contributed by atoms with van der Waals surface area (Å²) in [6.07, 6.45) is 1.67. The Labute approximate surface area is 102 Å². The number of halogens is 1. The van der Waals surface area contributed by atoms with Crippen LogP contribution in [0.4, 0.5) is 0 Å². The molecule has 90 valence electrons. The zero-order chi connectivity index (χ0) is 12.6. The Balaban J connectivity index is 0.000000315. The molecule has 0 atom stereocenters. The maximum Gasteiger partial charge on any atom is 0.270 e. The molecular formula is C7H12ClN5O2S. The lowest BCUT2D eigenvalue weighted by atomic mass is 10.8. The fraction of sp³-hybridized carbons (Fsp3) is 0.429. The van der Waals surface area contributed by atoms with Crippen molar-refractivity contribution in [1.29, 1.82) is 0 Å². The molecule has 1 rings (SSSR count). The first-order valence-corrected chi connectivity index (χ1v) is 5.36. The van der Waals surface area contributed by atoms with Crippen molar-refractivity contribution < 1.29 is 5.03 Å². The number of hydrogen-bond acceptors (Lipinski definition) is 4. The van der Waals surface area contributed by atoms with Gasteiger partial charge in [0.2, 0.25) is 0 Å². The lowest BCUT2D eigenvalue weighted by Gasteiger charge is -2.09. The quantitative estimate of drug-likeness (QED) is 0.356. The Morgan fingerprint density at radius 1 is 1.75 bits per heavy atom.